The molecule has 150 valence electrons. The molecule has 1 aliphatic heterocycles. The summed E-state index contributed by atoms with van der Waals surface area (Å²) in [5.41, 5.74) is 0.948. The maximum atomic E-state index is 13.0. The highest BCUT2D eigenvalue weighted by Gasteiger charge is 2.34. The van der Waals surface area contributed by atoms with Crippen molar-refractivity contribution in [2.75, 3.05) is 33.2 Å². The summed E-state index contributed by atoms with van der Waals surface area (Å²) in [5.74, 6) is -0.0425. The van der Waals surface area contributed by atoms with Gasteiger partial charge in [-0.05, 0) is 43.8 Å². The summed E-state index contributed by atoms with van der Waals surface area (Å²) < 4.78 is 0. The number of hydrogen-bond donors (Lipinski definition) is 0. The second-order valence-electron chi connectivity index (χ2n) is 6.74. The molecule has 3 rings (SSSR count). The molecule has 2 amide bonds. The predicted octanol–water partition coefficient (Wildman–Crippen LogP) is 3.29. The first-order valence-electron chi connectivity index (χ1n) is 9.46. The average molecular weight is 419 g/mol. The van der Waals surface area contributed by atoms with Gasteiger partial charge in [-0.15, -0.1) is 22.7 Å². The Morgan fingerprint density at radius 3 is 2.46 bits per heavy atom. The maximum Gasteiger partial charge on any atom is 0.257 e. The maximum absolute atomic E-state index is 13.0. The molecule has 0 radical (unpaired) electrons. The molecule has 0 saturated carbocycles. The van der Waals surface area contributed by atoms with Gasteiger partial charge in [0.2, 0.25) is 5.91 Å². The number of thiophene rings is 2. The van der Waals surface area contributed by atoms with Crippen molar-refractivity contribution in [3.8, 4) is 0 Å². The average Bonchev–Trinajstić information content (AvgIpc) is 3.41. The van der Waals surface area contributed by atoms with E-state index in [4.69, 9.17) is 0 Å². The third kappa shape index (κ3) is 4.68. The van der Waals surface area contributed by atoms with Crippen LogP contribution < -0.4 is 0 Å². The second kappa shape index (κ2) is 9.45. The van der Waals surface area contributed by atoms with Gasteiger partial charge in [0, 0.05) is 24.4 Å². The van der Waals surface area contributed by atoms with Crippen molar-refractivity contribution in [1.82, 2.24) is 14.8 Å². The van der Waals surface area contributed by atoms with E-state index >= 15 is 0 Å². The Hall–Kier alpha value is -2.03. The fourth-order valence-electron chi connectivity index (χ4n) is 3.30. The highest BCUT2D eigenvalue weighted by molar-refractivity contribution is 7.12. The number of rotatable bonds is 8. The highest BCUT2D eigenvalue weighted by atomic mass is 32.1. The standard InChI is InChI=1S/C20H26N4O2S2/c1-4-23(5-2)19(25)13-22(3)14-20(26)24-16(18-9-7-11-28-18)12-15(21-24)17-8-6-10-27-17/h6-11,16H,4-5,12-14H2,1-3H3. The van der Waals surface area contributed by atoms with Crippen LogP contribution in [0.25, 0.3) is 0 Å². The number of likely N-dealkylation sites (N-methyl/N-ethyl adjacent to an activating group) is 2. The summed E-state index contributed by atoms with van der Waals surface area (Å²) in [5, 5.41) is 10.3. The Morgan fingerprint density at radius 2 is 1.86 bits per heavy atom. The third-order valence-corrected chi connectivity index (χ3v) is 6.66. The molecule has 0 spiro atoms. The van der Waals surface area contributed by atoms with Gasteiger partial charge < -0.3 is 4.90 Å². The van der Waals surface area contributed by atoms with Crippen LogP contribution in [0, 0.1) is 0 Å². The smallest absolute Gasteiger partial charge is 0.257 e. The van der Waals surface area contributed by atoms with E-state index in [2.05, 4.69) is 11.2 Å². The molecular weight excluding hydrogens is 392 g/mol. The normalized spacial score (nSPS) is 16.5. The summed E-state index contributed by atoms with van der Waals surface area (Å²) in [7, 11) is 1.80. The van der Waals surface area contributed by atoms with E-state index in [9.17, 15) is 9.59 Å². The van der Waals surface area contributed by atoms with Crippen molar-refractivity contribution in [3.05, 3.63) is 44.8 Å². The lowest BCUT2D eigenvalue weighted by Gasteiger charge is -2.25. The fraction of sp³-hybridized carbons (Fsp3) is 0.450. The summed E-state index contributed by atoms with van der Waals surface area (Å²) in [6, 6.07) is 8.02. The molecule has 0 aromatic carbocycles. The lowest BCUT2D eigenvalue weighted by molar-refractivity contribution is -0.136. The third-order valence-electron chi connectivity index (χ3n) is 4.77. The quantitative estimate of drug-likeness (QED) is 0.661. The van der Waals surface area contributed by atoms with Gasteiger partial charge in [0.1, 0.15) is 0 Å². The molecule has 2 aromatic rings. The monoisotopic (exact) mass is 418 g/mol. The number of amides is 2. The van der Waals surface area contributed by atoms with Crippen molar-refractivity contribution in [3.63, 3.8) is 0 Å². The van der Waals surface area contributed by atoms with E-state index in [1.165, 1.54) is 0 Å². The van der Waals surface area contributed by atoms with E-state index in [1.807, 2.05) is 42.8 Å². The summed E-state index contributed by atoms with van der Waals surface area (Å²) >= 11 is 3.28. The number of hydrogen-bond acceptors (Lipinski definition) is 6. The van der Waals surface area contributed by atoms with Gasteiger partial charge in [-0.3, -0.25) is 14.5 Å². The first kappa shape index (κ1) is 20.7. The van der Waals surface area contributed by atoms with E-state index < -0.39 is 0 Å². The van der Waals surface area contributed by atoms with E-state index in [-0.39, 0.29) is 30.9 Å². The molecule has 6 nitrogen and oxygen atoms in total. The number of hydrazone groups is 1. The molecule has 0 fully saturated rings. The first-order valence-corrected chi connectivity index (χ1v) is 11.2. The Kier molecular flexibility index (Phi) is 6.98. The minimum Gasteiger partial charge on any atom is -0.342 e. The Labute approximate surface area is 174 Å². The molecule has 28 heavy (non-hydrogen) atoms. The topological polar surface area (TPSA) is 56.2 Å². The van der Waals surface area contributed by atoms with Crippen LogP contribution in [0.1, 0.15) is 36.1 Å². The van der Waals surface area contributed by atoms with Crippen LogP contribution in [-0.4, -0.2) is 65.6 Å². The largest absolute Gasteiger partial charge is 0.342 e. The summed E-state index contributed by atoms with van der Waals surface area (Å²) in [6.45, 7) is 5.67. The van der Waals surface area contributed by atoms with Gasteiger partial charge in [-0.25, -0.2) is 5.01 Å². The molecule has 1 atom stereocenters. The lowest BCUT2D eigenvalue weighted by Crippen LogP contribution is -2.42. The van der Waals surface area contributed by atoms with Crippen molar-refractivity contribution < 1.29 is 9.59 Å². The van der Waals surface area contributed by atoms with Crippen LogP contribution in [0.5, 0.6) is 0 Å². The Balaban J connectivity index is 1.71. The molecule has 0 N–H and O–H groups in total. The zero-order chi connectivity index (χ0) is 20.1. The Morgan fingerprint density at radius 1 is 1.14 bits per heavy atom. The van der Waals surface area contributed by atoms with Crippen LogP contribution >= 0.6 is 22.7 Å². The van der Waals surface area contributed by atoms with Crippen LogP contribution in [0.4, 0.5) is 0 Å². The molecule has 0 saturated heterocycles. The second-order valence-corrected chi connectivity index (χ2v) is 8.66. The molecule has 3 heterocycles. The summed E-state index contributed by atoms with van der Waals surface area (Å²) in [6.07, 6.45) is 0.717. The predicted molar refractivity (Wildman–Crippen MR) is 115 cm³/mol. The van der Waals surface area contributed by atoms with E-state index in [0.29, 0.717) is 13.1 Å². The SMILES string of the molecule is CCN(CC)C(=O)CN(C)CC(=O)N1N=C(c2cccs2)CC1c1cccs1. The molecule has 1 aliphatic rings. The zero-order valence-electron chi connectivity index (χ0n) is 16.5. The van der Waals surface area contributed by atoms with Gasteiger partial charge >= 0.3 is 0 Å². The lowest BCUT2D eigenvalue weighted by atomic mass is 10.1. The van der Waals surface area contributed by atoms with Gasteiger partial charge in [-0.1, -0.05) is 12.1 Å². The van der Waals surface area contributed by atoms with Crippen molar-refractivity contribution in [2.45, 2.75) is 26.3 Å². The molecule has 8 heteroatoms. The number of nitrogens with zero attached hydrogens (tertiary/aromatic N) is 4. The molecule has 0 bridgehead atoms. The summed E-state index contributed by atoms with van der Waals surface area (Å²) in [4.78, 5) is 31.1. The minimum atomic E-state index is -0.0835. The van der Waals surface area contributed by atoms with E-state index in [0.717, 1.165) is 21.9 Å². The number of carbonyl (C=O) groups is 2. The van der Waals surface area contributed by atoms with Crippen LogP contribution in [-0.2, 0) is 9.59 Å². The van der Waals surface area contributed by atoms with Gasteiger partial charge in [0.25, 0.3) is 5.91 Å². The zero-order valence-corrected chi connectivity index (χ0v) is 18.1. The van der Waals surface area contributed by atoms with E-state index in [1.54, 1.807) is 44.5 Å². The molecule has 0 aliphatic carbocycles. The minimum absolute atomic E-state index is 0.0410. The van der Waals surface area contributed by atoms with Crippen molar-refractivity contribution in [2.24, 2.45) is 5.10 Å². The van der Waals surface area contributed by atoms with Crippen LogP contribution in [0.15, 0.2) is 40.1 Å². The number of carbonyl (C=O) groups excluding carboxylic acids is 2. The molecule has 2 aromatic heterocycles. The van der Waals surface area contributed by atoms with Crippen molar-refractivity contribution >= 4 is 40.2 Å². The van der Waals surface area contributed by atoms with Gasteiger partial charge in [-0.2, -0.15) is 5.10 Å². The van der Waals surface area contributed by atoms with Gasteiger partial charge in [0.15, 0.2) is 0 Å². The van der Waals surface area contributed by atoms with Gasteiger partial charge in [0.05, 0.1) is 29.7 Å². The first-order chi connectivity index (χ1) is 13.5. The fourth-order valence-corrected chi connectivity index (χ4v) is 4.83. The van der Waals surface area contributed by atoms with Crippen LogP contribution in [0.2, 0.25) is 0 Å². The Bertz CT molecular complexity index is 813. The molecule has 1 unspecified atom stereocenters. The van der Waals surface area contributed by atoms with Crippen molar-refractivity contribution in [1.29, 1.82) is 0 Å². The van der Waals surface area contributed by atoms with Crippen LogP contribution in [0.3, 0.4) is 0 Å². The molecular formula is C20H26N4O2S2. The highest BCUT2D eigenvalue weighted by Crippen LogP contribution is 2.35.